The Morgan fingerprint density at radius 1 is 1.16 bits per heavy atom. The van der Waals surface area contributed by atoms with Gasteiger partial charge in [0.2, 0.25) is 11.8 Å². The summed E-state index contributed by atoms with van der Waals surface area (Å²) in [6.45, 7) is 3.14. The smallest absolute Gasteiger partial charge is 0.243 e. The van der Waals surface area contributed by atoms with Crippen LogP contribution in [0.15, 0.2) is 12.4 Å². The second kappa shape index (κ2) is 5.64. The number of anilines is 1. The molecule has 1 saturated heterocycles. The van der Waals surface area contributed by atoms with Crippen molar-refractivity contribution in [2.75, 3.05) is 25.4 Å². The van der Waals surface area contributed by atoms with Gasteiger partial charge in [-0.2, -0.15) is 0 Å². The molecule has 0 aromatic carbocycles. The molecular formula is C12H17N5O2. The molecule has 7 heteroatoms. The Morgan fingerprint density at radius 2 is 1.84 bits per heavy atom. The summed E-state index contributed by atoms with van der Waals surface area (Å²) in [4.78, 5) is 34.9. The van der Waals surface area contributed by atoms with E-state index in [9.17, 15) is 9.59 Å². The number of hydrogen-bond acceptors (Lipinski definition) is 5. The summed E-state index contributed by atoms with van der Waals surface area (Å²) in [5.41, 5.74) is 6.07. The molecule has 2 amide bonds. The van der Waals surface area contributed by atoms with Gasteiger partial charge in [0, 0.05) is 6.54 Å². The Bertz CT molecular complexity index is 474. The van der Waals surface area contributed by atoms with Crippen molar-refractivity contribution >= 4 is 17.6 Å². The van der Waals surface area contributed by atoms with E-state index in [4.69, 9.17) is 5.73 Å². The number of carbonyl (C=O) groups is 2. The van der Waals surface area contributed by atoms with Gasteiger partial charge in [-0.05, 0) is 6.42 Å². The third-order valence-electron chi connectivity index (χ3n) is 2.93. The molecule has 0 bridgehead atoms. The highest BCUT2D eigenvalue weighted by atomic mass is 16.2. The number of aromatic nitrogens is 2. The van der Waals surface area contributed by atoms with Crippen LogP contribution in [0.5, 0.6) is 0 Å². The molecule has 19 heavy (non-hydrogen) atoms. The topological polar surface area (TPSA) is 92.4 Å². The van der Waals surface area contributed by atoms with Crippen LogP contribution in [-0.2, 0) is 16.1 Å². The highest BCUT2D eigenvalue weighted by Crippen LogP contribution is 2.09. The van der Waals surface area contributed by atoms with E-state index >= 15 is 0 Å². The number of nitrogens with zero attached hydrogens (tertiary/aromatic N) is 4. The highest BCUT2D eigenvalue weighted by Gasteiger charge is 2.29. The molecule has 2 N–H and O–H groups in total. The van der Waals surface area contributed by atoms with E-state index in [1.807, 2.05) is 6.92 Å². The molecule has 0 spiro atoms. The first-order valence-electron chi connectivity index (χ1n) is 6.22. The van der Waals surface area contributed by atoms with Crippen LogP contribution in [0, 0.1) is 0 Å². The van der Waals surface area contributed by atoms with Gasteiger partial charge >= 0.3 is 0 Å². The summed E-state index contributed by atoms with van der Waals surface area (Å²) in [5.74, 6) is 0.246. The van der Waals surface area contributed by atoms with Gasteiger partial charge in [0.15, 0.2) is 0 Å². The first-order chi connectivity index (χ1) is 9.10. The monoisotopic (exact) mass is 263 g/mol. The number of nitrogen functional groups attached to an aromatic ring is 1. The summed E-state index contributed by atoms with van der Waals surface area (Å²) in [6, 6.07) is 0. The second-order valence-electron chi connectivity index (χ2n) is 4.50. The molecule has 1 aliphatic heterocycles. The van der Waals surface area contributed by atoms with Crippen molar-refractivity contribution < 1.29 is 9.59 Å². The second-order valence-corrected chi connectivity index (χ2v) is 4.50. The van der Waals surface area contributed by atoms with Crippen molar-refractivity contribution in [1.29, 1.82) is 0 Å². The van der Waals surface area contributed by atoms with E-state index in [-0.39, 0.29) is 31.4 Å². The molecule has 0 aliphatic carbocycles. The van der Waals surface area contributed by atoms with Gasteiger partial charge in [-0.3, -0.25) is 14.6 Å². The van der Waals surface area contributed by atoms with E-state index in [0.717, 1.165) is 6.42 Å². The lowest BCUT2D eigenvalue weighted by atomic mass is 10.2. The maximum atomic E-state index is 12.0. The third kappa shape index (κ3) is 3.18. The minimum atomic E-state index is -0.0633. The van der Waals surface area contributed by atoms with Crippen LogP contribution in [0.2, 0.25) is 0 Å². The summed E-state index contributed by atoms with van der Waals surface area (Å²) in [5, 5.41) is 0. The standard InChI is InChI=1S/C12H17N5O2/c1-2-3-16-7-12(19)17(8-11(16)18)6-9-4-15-10(13)5-14-9/h4-5H,2-3,6-8H2,1H3,(H2,13,15). The maximum Gasteiger partial charge on any atom is 0.243 e. The fourth-order valence-corrected chi connectivity index (χ4v) is 1.96. The van der Waals surface area contributed by atoms with Gasteiger partial charge < -0.3 is 15.5 Å². The van der Waals surface area contributed by atoms with Crippen LogP contribution in [0.3, 0.4) is 0 Å². The lowest BCUT2D eigenvalue weighted by molar-refractivity contribution is -0.150. The van der Waals surface area contributed by atoms with E-state index in [2.05, 4.69) is 9.97 Å². The van der Waals surface area contributed by atoms with E-state index < -0.39 is 0 Å². The minimum absolute atomic E-state index is 0.0233. The SMILES string of the molecule is CCCN1CC(=O)N(Cc2cnc(N)cn2)CC1=O. The molecule has 2 rings (SSSR count). The van der Waals surface area contributed by atoms with Crippen LogP contribution in [0.1, 0.15) is 19.0 Å². The van der Waals surface area contributed by atoms with Gasteiger partial charge in [0.25, 0.3) is 0 Å². The zero-order valence-electron chi connectivity index (χ0n) is 10.9. The minimum Gasteiger partial charge on any atom is -0.382 e. The normalized spacial score (nSPS) is 16.1. The molecule has 0 radical (unpaired) electrons. The molecule has 0 unspecified atom stereocenters. The van der Waals surface area contributed by atoms with Crippen molar-refractivity contribution in [3.8, 4) is 0 Å². The summed E-state index contributed by atoms with van der Waals surface area (Å²) < 4.78 is 0. The zero-order chi connectivity index (χ0) is 13.8. The van der Waals surface area contributed by atoms with E-state index in [0.29, 0.717) is 18.1 Å². The molecule has 102 valence electrons. The number of amides is 2. The largest absolute Gasteiger partial charge is 0.382 e. The molecule has 2 heterocycles. The Labute approximate surface area is 111 Å². The van der Waals surface area contributed by atoms with Crippen LogP contribution in [-0.4, -0.2) is 51.2 Å². The maximum absolute atomic E-state index is 12.0. The number of nitrogens with two attached hydrogens (primary N) is 1. The first-order valence-corrected chi connectivity index (χ1v) is 6.22. The van der Waals surface area contributed by atoms with Crippen molar-refractivity contribution in [2.45, 2.75) is 19.9 Å². The van der Waals surface area contributed by atoms with Crippen LogP contribution in [0.25, 0.3) is 0 Å². The Kier molecular flexibility index (Phi) is 3.94. The van der Waals surface area contributed by atoms with Crippen molar-refractivity contribution in [3.63, 3.8) is 0 Å². The Hall–Kier alpha value is -2.18. The molecular weight excluding hydrogens is 246 g/mol. The van der Waals surface area contributed by atoms with Gasteiger partial charge in [0.05, 0.1) is 31.2 Å². The quantitative estimate of drug-likeness (QED) is 0.800. The van der Waals surface area contributed by atoms with Crippen molar-refractivity contribution in [3.05, 3.63) is 18.1 Å². The van der Waals surface area contributed by atoms with Gasteiger partial charge in [-0.1, -0.05) is 6.92 Å². The van der Waals surface area contributed by atoms with Crippen LogP contribution < -0.4 is 5.73 Å². The molecule has 0 atom stereocenters. The Balaban J connectivity index is 2.00. The van der Waals surface area contributed by atoms with Crippen molar-refractivity contribution in [1.82, 2.24) is 19.8 Å². The molecule has 1 aliphatic rings. The van der Waals surface area contributed by atoms with Gasteiger partial charge in [-0.15, -0.1) is 0 Å². The lowest BCUT2D eigenvalue weighted by Gasteiger charge is -2.33. The van der Waals surface area contributed by atoms with Gasteiger partial charge in [0.1, 0.15) is 12.4 Å². The molecule has 1 fully saturated rings. The summed E-state index contributed by atoms with van der Waals surface area (Å²) in [7, 11) is 0. The first kappa shape index (κ1) is 13.3. The average molecular weight is 263 g/mol. The summed E-state index contributed by atoms with van der Waals surface area (Å²) >= 11 is 0. The number of rotatable bonds is 4. The predicted molar refractivity (Wildman–Crippen MR) is 68.7 cm³/mol. The zero-order valence-corrected chi connectivity index (χ0v) is 10.9. The van der Waals surface area contributed by atoms with E-state index in [1.54, 1.807) is 4.90 Å². The molecule has 7 nitrogen and oxygen atoms in total. The Morgan fingerprint density at radius 3 is 2.47 bits per heavy atom. The molecule has 1 aromatic rings. The molecule has 1 aromatic heterocycles. The predicted octanol–water partition coefficient (Wildman–Crippen LogP) is -0.360. The van der Waals surface area contributed by atoms with Crippen molar-refractivity contribution in [2.24, 2.45) is 0 Å². The third-order valence-corrected chi connectivity index (χ3v) is 2.93. The number of hydrogen-bond donors (Lipinski definition) is 1. The number of carbonyl (C=O) groups excluding carboxylic acids is 2. The highest BCUT2D eigenvalue weighted by molar-refractivity contribution is 5.92. The fourth-order valence-electron chi connectivity index (χ4n) is 1.96. The average Bonchev–Trinajstić information content (AvgIpc) is 2.38. The summed E-state index contributed by atoms with van der Waals surface area (Å²) in [6.07, 6.45) is 3.81. The lowest BCUT2D eigenvalue weighted by Crippen LogP contribution is -2.53. The molecule has 0 saturated carbocycles. The fraction of sp³-hybridized carbons (Fsp3) is 0.500. The number of piperazine rings is 1. The van der Waals surface area contributed by atoms with Crippen LogP contribution in [0.4, 0.5) is 5.82 Å². The van der Waals surface area contributed by atoms with Gasteiger partial charge in [-0.25, -0.2) is 4.98 Å². The van der Waals surface area contributed by atoms with E-state index in [1.165, 1.54) is 17.3 Å². The van der Waals surface area contributed by atoms with Crippen LogP contribution >= 0.6 is 0 Å².